The molecule has 7 nitrogen and oxygen atoms in total. The highest BCUT2D eigenvalue weighted by Crippen LogP contribution is 2.39. The summed E-state index contributed by atoms with van der Waals surface area (Å²) in [7, 11) is 0. The van der Waals surface area contributed by atoms with Crippen LogP contribution in [0.3, 0.4) is 0 Å². The van der Waals surface area contributed by atoms with Crippen LogP contribution >= 0.6 is 11.6 Å². The molecule has 180 valence electrons. The number of aromatic amines is 1. The average molecular weight is 485 g/mol. The summed E-state index contributed by atoms with van der Waals surface area (Å²) >= 11 is 6.27. The molecule has 0 bridgehead atoms. The lowest BCUT2D eigenvalue weighted by molar-refractivity contribution is -0.141. The first-order valence-electron chi connectivity index (χ1n) is 11.6. The Bertz CT molecular complexity index is 1190. The normalized spacial score (nSPS) is 21.5. The molecule has 1 saturated heterocycles. The SMILES string of the molecule is CCOC(=O)N1CCc2c([nH]c3ccc(Cl)cc23)[C@@H]1c1ccc(OC[C@@H]2COC(C)(C)O2)cc1. The minimum absolute atomic E-state index is 0.104. The number of carbonyl (C=O) groups excluding carboxylic acids is 1. The van der Waals surface area contributed by atoms with Crippen LogP contribution in [0.4, 0.5) is 4.79 Å². The highest BCUT2D eigenvalue weighted by Gasteiger charge is 2.36. The number of nitrogens with one attached hydrogen (secondary N) is 1. The van der Waals surface area contributed by atoms with Gasteiger partial charge in [-0.3, -0.25) is 4.90 Å². The number of fused-ring (bicyclic) bond motifs is 3. The first kappa shape index (κ1) is 23.0. The summed E-state index contributed by atoms with van der Waals surface area (Å²) in [5, 5.41) is 1.79. The molecule has 2 aliphatic heterocycles. The van der Waals surface area contributed by atoms with Crippen molar-refractivity contribution in [1.29, 1.82) is 0 Å². The number of H-pyrrole nitrogens is 1. The van der Waals surface area contributed by atoms with Crippen molar-refractivity contribution in [2.75, 3.05) is 26.4 Å². The summed E-state index contributed by atoms with van der Waals surface area (Å²) in [4.78, 5) is 18.2. The highest BCUT2D eigenvalue weighted by atomic mass is 35.5. The van der Waals surface area contributed by atoms with Crippen molar-refractivity contribution in [3.05, 3.63) is 64.3 Å². The van der Waals surface area contributed by atoms with Gasteiger partial charge >= 0.3 is 6.09 Å². The molecule has 0 spiro atoms. The van der Waals surface area contributed by atoms with Gasteiger partial charge in [-0.05, 0) is 68.7 Å². The third kappa shape index (κ3) is 4.48. The summed E-state index contributed by atoms with van der Waals surface area (Å²) in [6, 6.07) is 13.4. The Morgan fingerprint density at radius 3 is 2.74 bits per heavy atom. The molecular formula is C26H29ClN2O5. The van der Waals surface area contributed by atoms with Crippen molar-refractivity contribution in [2.24, 2.45) is 0 Å². The molecule has 1 N–H and O–H groups in total. The third-order valence-electron chi connectivity index (χ3n) is 6.29. The molecule has 3 heterocycles. The molecule has 1 amide bonds. The van der Waals surface area contributed by atoms with Crippen molar-refractivity contribution in [3.8, 4) is 5.75 Å². The van der Waals surface area contributed by atoms with Gasteiger partial charge in [0.1, 0.15) is 24.5 Å². The van der Waals surface area contributed by atoms with Crippen molar-refractivity contribution >= 4 is 28.6 Å². The molecule has 1 aromatic heterocycles. The number of ether oxygens (including phenoxy) is 4. The third-order valence-corrected chi connectivity index (χ3v) is 6.53. The first-order valence-corrected chi connectivity index (χ1v) is 12.0. The second kappa shape index (κ2) is 9.13. The fourth-order valence-electron chi connectivity index (χ4n) is 4.79. The fraction of sp³-hybridized carbons (Fsp3) is 0.423. The van der Waals surface area contributed by atoms with Crippen LogP contribution in [0.1, 0.15) is 43.6 Å². The van der Waals surface area contributed by atoms with Crippen LogP contribution in [-0.4, -0.2) is 54.2 Å². The maximum Gasteiger partial charge on any atom is 0.410 e. The van der Waals surface area contributed by atoms with Gasteiger partial charge < -0.3 is 23.9 Å². The Morgan fingerprint density at radius 1 is 1.24 bits per heavy atom. The number of benzene rings is 2. The fourth-order valence-corrected chi connectivity index (χ4v) is 4.96. The van der Waals surface area contributed by atoms with E-state index in [0.717, 1.165) is 34.3 Å². The van der Waals surface area contributed by atoms with Gasteiger partial charge in [0.15, 0.2) is 5.79 Å². The summed E-state index contributed by atoms with van der Waals surface area (Å²) in [6.45, 7) is 7.42. The van der Waals surface area contributed by atoms with Crippen LogP contribution in [0.15, 0.2) is 42.5 Å². The maximum atomic E-state index is 12.8. The predicted molar refractivity (Wildman–Crippen MR) is 129 cm³/mol. The minimum Gasteiger partial charge on any atom is -0.491 e. The first-order chi connectivity index (χ1) is 16.3. The summed E-state index contributed by atoms with van der Waals surface area (Å²) in [5.74, 6) is 0.163. The average Bonchev–Trinajstić information content (AvgIpc) is 3.36. The Kier molecular flexibility index (Phi) is 6.18. The van der Waals surface area contributed by atoms with Gasteiger partial charge in [-0.2, -0.15) is 0 Å². The van der Waals surface area contributed by atoms with E-state index in [-0.39, 0.29) is 18.2 Å². The molecule has 0 radical (unpaired) electrons. The Labute approximate surface area is 203 Å². The lowest BCUT2D eigenvalue weighted by Crippen LogP contribution is -2.40. The molecule has 5 rings (SSSR count). The van der Waals surface area contributed by atoms with E-state index in [1.165, 1.54) is 5.56 Å². The monoisotopic (exact) mass is 484 g/mol. The number of carbonyl (C=O) groups is 1. The van der Waals surface area contributed by atoms with E-state index in [2.05, 4.69) is 4.98 Å². The standard InChI is InChI=1S/C26H29ClN2O5/c1-4-31-25(30)29-12-11-20-21-13-17(27)7-10-22(21)28-23(20)24(29)16-5-8-18(9-6-16)32-14-19-15-33-26(2,3)34-19/h5-10,13,19,24,28H,4,11-12,14-15H2,1-3H3/t19-,24+/m1/s1. The van der Waals surface area contributed by atoms with E-state index in [1.807, 2.05) is 63.2 Å². The number of nitrogens with zero attached hydrogens (tertiary/aromatic N) is 1. The Morgan fingerprint density at radius 2 is 2.03 bits per heavy atom. The maximum absolute atomic E-state index is 12.8. The molecule has 2 atom stereocenters. The zero-order chi connectivity index (χ0) is 23.9. The van der Waals surface area contributed by atoms with E-state index in [0.29, 0.717) is 31.4 Å². The van der Waals surface area contributed by atoms with Crippen molar-refractivity contribution in [3.63, 3.8) is 0 Å². The van der Waals surface area contributed by atoms with Gasteiger partial charge in [-0.25, -0.2) is 4.79 Å². The highest BCUT2D eigenvalue weighted by molar-refractivity contribution is 6.31. The summed E-state index contributed by atoms with van der Waals surface area (Å²) in [5.41, 5.74) is 4.15. The second-order valence-electron chi connectivity index (χ2n) is 9.08. The zero-order valence-electron chi connectivity index (χ0n) is 19.6. The van der Waals surface area contributed by atoms with Crippen molar-refractivity contribution < 1.29 is 23.7 Å². The van der Waals surface area contributed by atoms with E-state index in [9.17, 15) is 4.79 Å². The Hall–Kier alpha value is -2.74. The molecule has 1 fully saturated rings. The van der Waals surface area contributed by atoms with Gasteiger partial charge in [0.2, 0.25) is 0 Å². The number of rotatable bonds is 5. The molecule has 2 aliphatic rings. The van der Waals surface area contributed by atoms with Crippen LogP contribution in [0.2, 0.25) is 5.02 Å². The molecule has 8 heteroatoms. The van der Waals surface area contributed by atoms with E-state index >= 15 is 0 Å². The van der Waals surface area contributed by atoms with Crippen LogP contribution in [0.25, 0.3) is 10.9 Å². The van der Waals surface area contributed by atoms with Crippen LogP contribution < -0.4 is 4.74 Å². The van der Waals surface area contributed by atoms with Gasteiger partial charge in [-0.15, -0.1) is 0 Å². The van der Waals surface area contributed by atoms with Crippen LogP contribution in [-0.2, 0) is 20.6 Å². The molecule has 2 aromatic carbocycles. The molecule has 34 heavy (non-hydrogen) atoms. The van der Waals surface area contributed by atoms with Gasteiger partial charge in [0.05, 0.1) is 13.2 Å². The number of amides is 1. The zero-order valence-corrected chi connectivity index (χ0v) is 20.4. The number of aromatic nitrogens is 1. The smallest absolute Gasteiger partial charge is 0.410 e. The van der Waals surface area contributed by atoms with Gasteiger partial charge in [-0.1, -0.05) is 23.7 Å². The Balaban J connectivity index is 1.42. The quantitative estimate of drug-likeness (QED) is 0.521. The number of hydrogen-bond acceptors (Lipinski definition) is 5. The van der Waals surface area contributed by atoms with Gasteiger partial charge in [0, 0.05) is 28.2 Å². The van der Waals surface area contributed by atoms with Crippen LogP contribution in [0, 0.1) is 0 Å². The predicted octanol–water partition coefficient (Wildman–Crippen LogP) is 5.46. The number of halogens is 1. The second-order valence-corrected chi connectivity index (χ2v) is 9.52. The largest absolute Gasteiger partial charge is 0.491 e. The van der Waals surface area contributed by atoms with Crippen LogP contribution in [0.5, 0.6) is 5.75 Å². The van der Waals surface area contributed by atoms with Gasteiger partial charge in [0.25, 0.3) is 0 Å². The lowest BCUT2D eigenvalue weighted by Gasteiger charge is -2.35. The molecule has 0 saturated carbocycles. The van der Waals surface area contributed by atoms with Crippen molar-refractivity contribution in [2.45, 2.75) is 45.1 Å². The summed E-state index contributed by atoms with van der Waals surface area (Å²) < 4.78 is 22.7. The summed E-state index contributed by atoms with van der Waals surface area (Å²) in [6.07, 6.45) is 0.302. The molecule has 3 aromatic rings. The molecular weight excluding hydrogens is 456 g/mol. The topological polar surface area (TPSA) is 73.0 Å². The molecule has 0 aliphatic carbocycles. The number of hydrogen-bond donors (Lipinski definition) is 1. The van der Waals surface area contributed by atoms with E-state index in [1.54, 1.807) is 4.90 Å². The van der Waals surface area contributed by atoms with Crippen molar-refractivity contribution in [1.82, 2.24) is 9.88 Å². The minimum atomic E-state index is -0.572. The molecule has 0 unspecified atom stereocenters. The lowest BCUT2D eigenvalue weighted by atomic mass is 9.92. The van der Waals surface area contributed by atoms with E-state index in [4.69, 9.17) is 30.5 Å². The van der Waals surface area contributed by atoms with E-state index < -0.39 is 5.79 Å².